The van der Waals surface area contributed by atoms with Crippen LogP contribution in [0, 0.1) is 5.21 Å². The Morgan fingerprint density at radius 3 is 2.39 bits per heavy atom. The molecule has 166 valence electrons. The maximum atomic E-state index is 13.3. The van der Waals surface area contributed by atoms with Gasteiger partial charge in [0.2, 0.25) is 5.52 Å². The van der Waals surface area contributed by atoms with Crippen molar-refractivity contribution in [2.75, 3.05) is 14.2 Å². The van der Waals surface area contributed by atoms with E-state index in [2.05, 4.69) is 4.98 Å². The molecule has 0 aliphatic carbocycles. The molecule has 4 rings (SSSR count). The molecule has 1 aromatic heterocycles. The summed E-state index contributed by atoms with van der Waals surface area (Å²) >= 11 is 0. The van der Waals surface area contributed by atoms with Gasteiger partial charge in [-0.3, -0.25) is 4.79 Å². The van der Waals surface area contributed by atoms with E-state index in [0.29, 0.717) is 27.3 Å². The number of carbonyl (C=O) groups is 2. The molecule has 0 aliphatic rings. The first-order valence-electron chi connectivity index (χ1n) is 10.0. The highest BCUT2D eigenvalue weighted by Crippen LogP contribution is 2.22. The lowest BCUT2D eigenvalue weighted by Crippen LogP contribution is -2.38. The van der Waals surface area contributed by atoms with Crippen LogP contribution in [0.15, 0.2) is 72.8 Å². The van der Waals surface area contributed by atoms with Gasteiger partial charge in [0.1, 0.15) is 29.2 Å². The summed E-state index contributed by atoms with van der Waals surface area (Å²) in [5.74, 6) is -0.409. The number of methoxy groups -OCH3 is 2. The number of esters is 1. The Morgan fingerprint density at radius 1 is 0.939 bits per heavy atom. The van der Waals surface area contributed by atoms with E-state index < -0.39 is 11.8 Å². The van der Waals surface area contributed by atoms with E-state index in [1.807, 2.05) is 0 Å². The van der Waals surface area contributed by atoms with Gasteiger partial charge in [-0.1, -0.05) is 42.5 Å². The summed E-state index contributed by atoms with van der Waals surface area (Å²) in [7, 11) is 2.92. The fraction of sp³-hybridized carbons (Fsp3) is 0.120. The first-order chi connectivity index (χ1) is 16.0. The van der Waals surface area contributed by atoms with Crippen molar-refractivity contribution >= 4 is 22.8 Å². The van der Waals surface area contributed by atoms with Crippen molar-refractivity contribution in [2.24, 2.45) is 0 Å². The first kappa shape index (κ1) is 21.8. The van der Waals surface area contributed by atoms with Crippen LogP contribution < -0.4 is 14.2 Å². The molecule has 3 aromatic carbocycles. The molecule has 8 nitrogen and oxygen atoms in total. The van der Waals surface area contributed by atoms with Crippen molar-refractivity contribution in [3.63, 3.8) is 0 Å². The van der Waals surface area contributed by atoms with Crippen molar-refractivity contribution < 1.29 is 28.5 Å². The average Bonchev–Trinajstić information content (AvgIpc) is 2.87. The van der Waals surface area contributed by atoms with Crippen molar-refractivity contribution in [3.8, 4) is 11.5 Å². The topological polar surface area (TPSA) is 102 Å². The summed E-state index contributed by atoms with van der Waals surface area (Å²) in [4.78, 5) is 30.4. The second-order valence-electron chi connectivity index (χ2n) is 7.03. The van der Waals surface area contributed by atoms with E-state index in [1.165, 1.54) is 20.3 Å². The Labute approximate surface area is 189 Å². The summed E-state index contributed by atoms with van der Waals surface area (Å²) in [6.07, 6.45) is 0. The average molecular weight is 444 g/mol. The number of ether oxygens (including phenoxy) is 3. The van der Waals surface area contributed by atoms with E-state index in [4.69, 9.17) is 14.2 Å². The third-order valence-electron chi connectivity index (χ3n) is 5.05. The van der Waals surface area contributed by atoms with E-state index in [-0.39, 0.29) is 29.1 Å². The minimum atomic E-state index is -0.667. The van der Waals surface area contributed by atoms with E-state index in [9.17, 15) is 14.8 Å². The van der Waals surface area contributed by atoms with Crippen molar-refractivity contribution in [1.82, 2.24) is 4.98 Å². The molecule has 0 radical (unpaired) electrons. The Bertz CT molecular complexity index is 1340. The normalized spacial score (nSPS) is 10.6. The Morgan fingerprint density at radius 2 is 1.67 bits per heavy atom. The summed E-state index contributed by atoms with van der Waals surface area (Å²) in [5.41, 5.74) is 0.835. The van der Waals surface area contributed by atoms with Crippen molar-refractivity contribution in [3.05, 3.63) is 101 Å². The number of hydrogen-bond donors (Lipinski definition) is 0. The Kier molecular flexibility index (Phi) is 6.17. The second kappa shape index (κ2) is 9.35. The standard InChI is InChI=1S/C25H20N2O6/c1-31-17-12-13-19-21(14-17)27(30)23(24(28)16-8-4-3-5-9-16)20(26-19)15-33-25(29)18-10-6-7-11-22(18)32-2/h3-14H,15H2,1-2H3. The molecule has 0 unspecified atom stereocenters. The lowest BCUT2D eigenvalue weighted by molar-refractivity contribution is -0.580. The zero-order chi connectivity index (χ0) is 23.4. The fourth-order valence-corrected chi connectivity index (χ4v) is 3.40. The fourth-order valence-electron chi connectivity index (χ4n) is 3.40. The number of nitrogens with zero attached hydrogens (tertiary/aromatic N) is 2. The molecule has 0 amide bonds. The number of aromatic nitrogens is 2. The maximum absolute atomic E-state index is 13.3. The van der Waals surface area contributed by atoms with Gasteiger partial charge in [0.25, 0.3) is 11.5 Å². The third-order valence-corrected chi connectivity index (χ3v) is 5.05. The maximum Gasteiger partial charge on any atom is 0.342 e. The SMILES string of the molecule is COc1ccc2nc(COC(=O)c3ccccc3OC)c(C(=O)c3ccccc3)[n+]([O-])c2c1. The van der Waals surface area contributed by atoms with Gasteiger partial charge in [0, 0.05) is 5.56 Å². The van der Waals surface area contributed by atoms with E-state index in [0.717, 1.165) is 0 Å². The number of carbonyl (C=O) groups excluding carboxylic acids is 2. The van der Waals surface area contributed by atoms with Crippen LogP contribution in [0.4, 0.5) is 0 Å². The van der Waals surface area contributed by atoms with E-state index in [1.54, 1.807) is 66.7 Å². The molecule has 0 saturated heterocycles. The lowest BCUT2D eigenvalue weighted by atomic mass is 10.1. The number of ketones is 1. The molecule has 0 aliphatic heterocycles. The van der Waals surface area contributed by atoms with Crippen molar-refractivity contribution in [1.29, 1.82) is 0 Å². The van der Waals surface area contributed by atoms with Crippen LogP contribution in [0.5, 0.6) is 11.5 Å². The van der Waals surface area contributed by atoms with Gasteiger partial charge in [0.15, 0.2) is 5.69 Å². The highest BCUT2D eigenvalue weighted by Gasteiger charge is 2.28. The van der Waals surface area contributed by atoms with Crippen LogP contribution >= 0.6 is 0 Å². The molecular formula is C25H20N2O6. The smallest absolute Gasteiger partial charge is 0.342 e. The molecule has 0 saturated carbocycles. The zero-order valence-corrected chi connectivity index (χ0v) is 18.0. The van der Waals surface area contributed by atoms with Gasteiger partial charge in [-0.15, -0.1) is 0 Å². The van der Waals surface area contributed by atoms with Gasteiger partial charge < -0.3 is 19.4 Å². The Hall–Kier alpha value is -4.46. The summed E-state index contributed by atoms with van der Waals surface area (Å²) in [5, 5.41) is 13.3. The summed E-state index contributed by atoms with van der Waals surface area (Å²) < 4.78 is 16.3. The van der Waals surface area contributed by atoms with Crippen LogP contribution in [0.25, 0.3) is 11.0 Å². The van der Waals surface area contributed by atoms with Gasteiger partial charge >= 0.3 is 5.97 Å². The number of fused-ring (bicyclic) bond motifs is 1. The molecule has 8 heteroatoms. The number of rotatable bonds is 7. The largest absolute Gasteiger partial charge is 0.618 e. The summed E-state index contributed by atoms with van der Waals surface area (Å²) in [6, 6.07) is 19.7. The zero-order valence-electron chi connectivity index (χ0n) is 18.0. The molecule has 0 N–H and O–H groups in total. The molecule has 0 spiro atoms. The van der Waals surface area contributed by atoms with Crippen LogP contribution in [-0.4, -0.2) is 31.0 Å². The second-order valence-corrected chi connectivity index (χ2v) is 7.03. The highest BCUT2D eigenvalue weighted by atomic mass is 16.5. The minimum absolute atomic E-state index is 0.0415. The number of para-hydroxylation sites is 1. The monoisotopic (exact) mass is 444 g/mol. The van der Waals surface area contributed by atoms with Gasteiger partial charge in [-0.2, -0.15) is 4.73 Å². The van der Waals surface area contributed by atoms with Crippen LogP contribution in [0.2, 0.25) is 0 Å². The van der Waals surface area contributed by atoms with Gasteiger partial charge in [-0.05, 0) is 24.3 Å². The molecule has 4 aromatic rings. The molecule has 0 atom stereocenters. The van der Waals surface area contributed by atoms with Crippen LogP contribution in [0.3, 0.4) is 0 Å². The molecular weight excluding hydrogens is 424 g/mol. The van der Waals surface area contributed by atoms with Crippen molar-refractivity contribution in [2.45, 2.75) is 6.61 Å². The first-order valence-corrected chi connectivity index (χ1v) is 10.0. The quantitative estimate of drug-likeness (QED) is 0.186. The third kappa shape index (κ3) is 4.31. The number of hydrogen-bond acceptors (Lipinski definition) is 7. The van der Waals surface area contributed by atoms with Crippen LogP contribution in [0.1, 0.15) is 32.1 Å². The minimum Gasteiger partial charge on any atom is -0.618 e. The predicted molar refractivity (Wildman–Crippen MR) is 119 cm³/mol. The molecule has 0 fully saturated rings. The van der Waals surface area contributed by atoms with Gasteiger partial charge in [0.05, 0.1) is 20.3 Å². The van der Waals surface area contributed by atoms with Gasteiger partial charge in [-0.25, -0.2) is 9.78 Å². The lowest BCUT2D eigenvalue weighted by Gasteiger charge is -2.13. The van der Waals surface area contributed by atoms with E-state index >= 15 is 0 Å². The molecule has 33 heavy (non-hydrogen) atoms. The molecule has 0 bridgehead atoms. The summed E-state index contributed by atoms with van der Waals surface area (Å²) in [6.45, 7) is -0.380. The predicted octanol–water partition coefficient (Wildman–Crippen LogP) is 3.47. The molecule has 1 heterocycles. The Balaban J connectivity index is 1.77. The van der Waals surface area contributed by atoms with Crippen LogP contribution in [-0.2, 0) is 11.3 Å². The highest BCUT2D eigenvalue weighted by molar-refractivity contribution is 6.07. The number of benzene rings is 3.